The van der Waals surface area contributed by atoms with E-state index in [9.17, 15) is 19.8 Å². The largest absolute Gasteiger partial charge is 0.380 e. The number of amides is 2. The molecule has 0 aliphatic rings. The highest BCUT2D eigenvalue weighted by atomic mass is 16.3. The molecule has 2 amide bonds. The molecule has 0 fully saturated rings. The number of nitrogens with one attached hydrogen (secondary N) is 2. The normalized spacial score (nSPS) is 13.8. The van der Waals surface area contributed by atoms with Crippen LogP contribution in [0.25, 0.3) is 12.2 Å². The van der Waals surface area contributed by atoms with Crippen LogP contribution >= 0.6 is 0 Å². The van der Waals surface area contributed by atoms with Gasteiger partial charge in [-0.15, -0.1) is 0 Å². The molecule has 2 atom stereocenters. The van der Waals surface area contributed by atoms with Crippen molar-refractivity contribution in [3.63, 3.8) is 0 Å². The Balaban J connectivity index is 1.74. The number of nitrogens with zero attached hydrogens (tertiary/aromatic N) is 2. The quantitative estimate of drug-likeness (QED) is 0.371. The second kappa shape index (κ2) is 12.6. The van der Waals surface area contributed by atoms with Gasteiger partial charge in [0.15, 0.2) is 12.2 Å². The maximum atomic E-state index is 11.8. The van der Waals surface area contributed by atoms with Gasteiger partial charge in [-0.05, 0) is 23.3 Å². The summed E-state index contributed by atoms with van der Waals surface area (Å²) in [6.07, 6.45) is 5.29. The number of benzene rings is 2. The van der Waals surface area contributed by atoms with E-state index in [0.717, 1.165) is 11.1 Å². The molecule has 0 heterocycles. The number of hydrogen-bond donors (Lipinski definition) is 4. The van der Waals surface area contributed by atoms with Crippen LogP contribution in [0.4, 0.5) is 0 Å². The maximum absolute atomic E-state index is 11.8. The van der Waals surface area contributed by atoms with Gasteiger partial charge in [-0.25, -0.2) is 10.9 Å². The molecule has 2 aromatic carbocycles. The lowest BCUT2D eigenvalue weighted by atomic mass is 10.2. The number of carbonyl (C=O) groups is 2. The van der Waals surface area contributed by atoms with Crippen LogP contribution in [0.15, 0.2) is 83.0 Å². The lowest BCUT2D eigenvalue weighted by Gasteiger charge is -2.13. The minimum atomic E-state index is -2.00. The third kappa shape index (κ3) is 8.01. The van der Waals surface area contributed by atoms with E-state index < -0.39 is 24.0 Å². The third-order valence-electron chi connectivity index (χ3n) is 3.68. The summed E-state index contributed by atoms with van der Waals surface area (Å²) in [4.78, 5) is 23.5. The minimum Gasteiger partial charge on any atom is -0.380 e. The summed E-state index contributed by atoms with van der Waals surface area (Å²) in [6.45, 7) is 0. The molecule has 0 unspecified atom stereocenters. The Labute approximate surface area is 174 Å². The van der Waals surface area contributed by atoms with Crippen LogP contribution in [0.2, 0.25) is 0 Å². The van der Waals surface area contributed by atoms with Gasteiger partial charge in [0.2, 0.25) is 0 Å². The summed E-state index contributed by atoms with van der Waals surface area (Å²) in [7, 11) is 0. The van der Waals surface area contributed by atoms with Crippen LogP contribution in [-0.2, 0) is 9.59 Å². The monoisotopic (exact) mass is 406 g/mol. The number of allylic oxidation sites excluding steroid dienone is 2. The Morgan fingerprint density at radius 2 is 1.07 bits per heavy atom. The molecule has 154 valence electrons. The molecule has 0 saturated heterocycles. The van der Waals surface area contributed by atoms with Crippen molar-refractivity contribution in [1.82, 2.24) is 10.9 Å². The Kier molecular flexibility index (Phi) is 9.38. The fraction of sp³-hybridized carbons (Fsp3) is 0.0909. The highest BCUT2D eigenvalue weighted by molar-refractivity contribution is 5.91. The fourth-order valence-electron chi connectivity index (χ4n) is 2.14. The van der Waals surface area contributed by atoms with Crippen molar-refractivity contribution in [2.75, 3.05) is 0 Å². The van der Waals surface area contributed by atoms with Gasteiger partial charge < -0.3 is 10.2 Å². The number of rotatable bonds is 9. The van der Waals surface area contributed by atoms with Crippen LogP contribution in [0.3, 0.4) is 0 Å². The first-order valence-electron chi connectivity index (χ1n) is 9.03. The van der Waals surface area contributed by atoms with Gasteiger partial charge in [0.05, 0.1) is 0 Å². The summed E-state index contributed by atoms with van der Waals surface area (Å²) in [5.41, 5.74) is 5.97. The molecule has 0 aromatic heterocycles. The van der Waals surface area contributed by atoms with E-state index in [2.05, 4.69) is 10.2 Å². The first-order valence-corrected chi connectivity index (χ1v) is 9.03. The highest BCUT2D eigenvalue weighted by Gasteiger charge is 2.30. The zero-order valence-corrected chi connectivity index (χ0v) is 16.0. The Bertz CT molecular complexity index is 847. The SMILES string of the molecule is O=C(NN=CC=Cc1ccccc1)[C@H](O)[C@@H](O)C(=O)NN=CC=Cc1ccccc1. The van der Waals surface area contributed by atoms with Crippen molar-refractivity contribution in [3.8, 4) is 0 Å². The lowest BCUT2D eigenvalue weighted by Crippen LogP contribution is -2.47. The maximum Gasteiger partial charge on any atom is 0.272 e. The van der Waals surface area contributed by atoms with E-state index in [4.69, 9.17) is 0 Å². The second-order valence-corrected chi connectivity index (χ2v) is 5.94. The average molecular weight is 406 g/mol. The van der Waals surface area contributed by atoms with Gasteiger partial charge in [-0.1, -0.05) is 72.8 Å². The smallest absolute Gasteiger partial charge is 0.272 e. The van der Waals surface area contributed by atoms with Gasteiger partial charge in [0.1, 0.15) is 0 Å². The van der Waals surface area contributed by atoms with Crippen LogP contribution in [0, 0.1) is 0 Å². The number of carbonyl (C=O) groups excluding carboxylic acids is 2. The molecule has 8 nitrogen and oxygen atoms in total. The minimum absolute atomic E-state index is 0.946. The van der Waals surface area contributed by atoms with E-state index in [1.54, 1.807) is 24.3 Å². The van der Waals surface area contributed by atoms with Gasteiger partial charge in [-0.3, -0.25) is 9.59 Å². The van der Waals surface area contributed by atoms with E-state index >= 15 is 0 Å². The van der Waals surface area contributed by atoms with Crippen molar-refractivity contribution in [2.45, 2.75) is 12.2 Å². The molecular weight excluding hydrogens is 384 g/mol. The summed E-state index contributed by atoms with van der Waals surface area (Å²) in [6, 6.07) is 18.9. The molecule has 0 bridgehead atoms. The van der Waals surface area contributed by atoms with Crippen molar-refractivity contribution in [1.29, 1.82) is 0 Å². The first-order chi connectivity index (χ1) is 14.6. The summed E-state index contributed by atoms with van der Waals surface area (Å²) < 4.78 is 0. The molecule has 0 saturated carbocycles. The molecule has 0 aliphatic heterocycles. The molecule has 0 radical (unpaired) electrons. The molecule has 0 spiro atoms. The van der Waals surface area contributed by atoms with E-state index in [0.29, 0.717) is 0 Å². The predicted molar refractivity (Wildman–Crippen MR) is 116 cm³/mol. The van der Waals surface area contributed by atoms with Crippen molar-refractivity contribution >= 4 is 36.4 Å². The Hall–Kier alpha value is -3.88. The molecule has 0 aliphatic carbocycles. The van der Waals surface area contributed by atoms with Crippen LogP contribution in [0.5, 0.6) is 0 Å². The molecule has 30 heavy (non-hydrogen) atoms. The van der Waals surface area contributed by atoms with Crippen LogP contribution in [-0.4, -0.2) is 46.7 Å². The van der Waals surface area contributed by atoms with Crippen molar-refractivity contribution in [3.05, 3.63) is 83.9 Å². The molecule has 2 aromatic rings. The Morgan fingerprint density at radius 1 is 0.700 bits per heavy atom. The standard InChI is InChI=1S/C22H22N4O4/c27-19(21(29)25-23-15-7-13-17-9-3-1-4-10-17)20(28)22(30)26-24-16-8-14-18-11-5-2-6-12-18/h1-16,19-20,27-28H,(H,25,29)(H,26,30)/t19-,20-/m1/s1. The Morgan fingerprint density at radius 3 is 1.43 bits per heavy atom. The number of aliphatic hydroxyl groups is 2. The van der Waals surface area contributed by atoms with Gasteiger partial charge in [0, 0.05) is 12.4 Å². The summed E-state index contributed by atoms with van der Waals surface area (Å²) >= 11 is 0. The average Bonchev–Trinajstić information content (AvgIpc) is 2.78. The number of hydrazone groups is 2. The van der Waals surface area contributed by atoms with E-state index in [-0.39, 0.29) is 0 Å². The molecular formula is C22H22N4O4. The van der Waals surface area contributed by atoms with Gasteiger partial charge >= 0.3 is 0 Å². The van der Waals surface area contributed by atoms with Crippen LogP contribution < -0.4 is 10.9 Å². The zero-order chi connectivity index (χ0) is 21.6. The predicted octanol–water partition coefficient (Wildman–Crippen LogP) is 1.34. The van der Waals surface area contributed by atoms with E-state index in [1.165, 1.54) is 12.4 Å². The van der Waals surface area contributed by atoms with Crippen LogP contribution in [0.1, 0.15) is 11.1 Å². The van der Waals surface area contributed by atoms with Crippen molar-refractivity contribution < 1.29 is 19.8 Å². The third-order valence-corrected chi connectivity index (χ3v) is 3.68. The topological polar surface area (TPSA) is 123 Å². The lowest BCUT2D eigenvalue weighted by molar-refractivity contribution is -0.146. The summed E-state index contributed by atoms with van der Waals surface area (Å²) in [5.74, 6) is -2.06. The number of hydrogen-bond acceptors (Lipinski definition) is 6. The second-order valence-electron chi connectivity index (χ2n) is 5.94. The molecule has 4 N–H and O–H groups in total. The fourth-order valence-corrected chi connectivity index (χ4v) is 2.14. The van der Waals surface area contributed by atoms with Crippen molar-refractivity contribution in [2.24, 2.45) is 10.2 Å². The zero-order valence-electron chi connectivity index (χ0n) is 16.0. The highest BCUT2D eigenvalue weighted by Crippen LogP contribution is 2.00. The first kappa shape index (κ1) is 22.4. The number of aliphatic hydroxyl groups excluding tert-OH is 2. The van der Waals surface area contributed by atoms with E-state index in [1.807, 2.05) is 71.5 Å². The molecule has 8 heteroatoms. The molecule has 2 rings (SSSR count). The summed E-state index contributed by atoms with van der Waals surface area (Å²) in [5, 5.41) is 26.7. The van der Waals surface area contributed by atoms with Gasteiger partial charge in [-0.2, -0.15) is 10.2 Å². The van der Waals surface area contributed by atoms with Gasteiger partial charge in [0.25, 0.3) is 11.8 Å².